The SMILES string of the molecule is [CH2-]CCCc1ccc2c(n1)NCCC2.[CH2-]COCc1ccccc1.[CH2-]C[C@H](C)C(=O)O.[Li+]. The number of hydrogen-bond donors (Lipinski definition) is 2. The van der Waals surface area contributed by atoms with E-state index in [1.54, 1.807) is 6.92 Å². The summed E-state index contributed by atoms with van der Waals surface area (Å²) in [6, 6.07) is 14.4. The average molecular weight is 433 g/mol. The van der Waals surface area contributed by atoms with Crippen LogP contribution in [-0.2, 0) is 29.0 Å². The molecule has 0 bridgehead atoms. The summed E-state index contributed by atoms with van der Waals surface area (Å²) in [6.07, 6.45) is 6.05. The Morgan fingerprint density at radius 1 is 1.19 bits per heavy atom. The number of ether oxygens (including phenoxy) is 1. The van der Waals surface area contributed by atoms with Gasteiger partial charge in [0.2, 0.25) is 0 Å². The Morgan fingerprint density at radius 3 is 2.47 bits per heavy atom. The Morgan fingerprint density at radius 2 is 1.91 bits per heavy atom. The number of hydrogen-bond acceptors (Lipinski definition) is 4. The molecule has 0 unspecified atom stereocenters. The van der Waals surface area contributed by atoms with Gasteiger partial charge in [0.1, 0.15) is 5.82 Å². The number of aliphatic carboxylic acids is 1. The number of carboxylic acid groups (broad SMARTS) is 1. The predicted molar refractivity (Wildman–Crippen MR) is 128 cm³/mol. The number of carbonyl (C=O) groups is 1. The number of pyridine rings is 1. The van der Waals surface area contributed by atoms with E-state index in [1.165, 1.54) is 29.7 Å². The molecule has 2 heterocycles. The number of nitrogens with one attached hydrogen (secondary N) is 1. The standard InChI is InChI=1S/C12H17N2.C9H11O.C5H9O2.Li/c1-2-3-6-11-8-7-10-5-4-9-13-12(10)14-11;1-2-10-8-9-6-4-3-5-7-9;1-3-4(2)5(6)7;/h7-8H,1-6,9H2,(H,13,14);3-7H,1-2,8H2;4H,1,3H2,2H3,(H,6,7);/q3*-1;+1/t;;4-;/m..0./s1. The molecule has 1 aromatic heterocycles. The fourth-order valence-electron chi connectivity index (χ4n) is 2.70. The molecule has 0 amide bonds. The average Bonchev–Trinajstić information content (AvgIpc) is 2.82. The van der Waals surface area contributed by atoms with E-state index in [0.717, 1.165) is 31.6 Å². The van der Waals surface area contributed by atoms with Crippen molar-refractivity contribution in [3.05, 3.63) is 80.1 Å². The zero-order chi connectivity index (χ0) is 22.9. The van der Waals surface area contributed by atoms with Crippen LogP contribution in [0.2, 0.25) is 0 Å². The van der Waals surface area contributed by atoms with Gasteiger partial charge in [0.25, 0.3) is 0 Å². The summed E-state index contributed by atoms with van der Waals surface area (Å²) in [5.41, 5.74) is 3.77. The normalized spacial score (nSPS) is 12.4. The van der Waals surface area contributed by atoms with E-state index in [1.807, 2.05) is 30.3 Å². The monoisotopic (exact) mass is 432 g/mol. The van der Waals surface area contributed by atoms with Gasteiger partial charge in [0.05, 0.1) is 6.61 Å². The number of rotatable bonds is 8. The Balaban J connectivity index is 0.000000474. The summed E-state index contributed by atoms with van der Waals surface area (Å²) in [4.78, 5) is 14.5. The summed E-state index contributed by atoms with van der Waals surface area (Å²) in [5.74, 6) is 0.0489. The second kappa shape index (κ2) is 18.7. The molecule has 5 nitrogen and oxygen atoms in total. The molecule has 0 fully saturated rings. The van der Waals surface area contributed by atoms with Crippen molar-refractivity contribution in [3.8, 4) is 0 Å². The topological polar surface area (TPSA) is 71.5 Å². The molecule has 1 atom stereocenters. The van der Waals surface area contributed by atoms with Crippen LogP contribution >= 0.6 is 0 Å². The van der Waals surface area contributed by atoms with Crippen molar-refractivity contribution in [1.82, 2.24) is 4.98 Å². The molecule has 1 aliphatic rings. The molecular formula is C26H37LiN2O3-2. The van der Waals surface area contributed by atoms with Gasteiger partial charge in [-0.15, -0.1) is 0 Å². The quantitative estimate of drug-likeness (QED) is 0.496. The molecule has 1 aromatic carbocycles. The minimum Gasteiger partial charge on any atom is -0.481 e. The van der Waals surface area contributed by atoms with Gasteiger partial charge >= 0.3 is 24.8 Å². The molecule has 0 saturated carbocycles. The number of carboxylic acids is 1. The number of aryl methyl sites for hydroxylation is 2. The molecule has 172 valence electrons. The summed E-state index contributed by atoms with van der Waals surface area (Å²) in [6.45, 7) is 14.8. The first-order chi connectivity index (χ1) is 15.0. The number of benzene rings is 1. The minimum atomic E-state index is -0.769. The number of aromatic nitrogens is 1. The molecule has 2 N–H and O–H groups in total. The zero-order valence-corrected chi connectivity index (χ0v) is 19.8. The van der Waals surface area contributed by atoms with Crippen LogP contribution in [0.5, 0.6) is 0 Å². The predicted octanol–water partition coefficient (Wildman–Crippen LogP) is 2.57. The van der Waals surface area contributed by atoms with Crippen molar-refractivity contribution in [1.29, 1.82) is 0 Å². The summed E-state index contributed by atoms with van der Waals surface area (Å²) in [7, 11) is 0. The maximum atomic E-state index is 9.89. The van der Waals surface area contributed by atoms with Crippen molar-refractivity contribution in [2.75, 3.05) is 18.5 Å². The smallest absolute Gasteiger partial charge is 0.481 e. The van der Waals surface area contributed by atoms with Crippen LogP contribution in [0.3, 0.4) is 0 Å². The van der Waals surface area contributed by atoms with E-state index in [-0.39, 0.29) is 24.8 Å². The summed E-state index contributed by atoms with van der Waals surface area (Å²) >= 11 is 0. The Kier molecular flexibility index (Phi) is 17.7. The first-order valence-corrected chi connectivity index (χ1v) is 11.0. The minimum absolute atomic E-state index is 0. The van der Waals surface area contributed by atoms with Gasteiger partial charge in [-0.2, -0.15) is 12.8 Å². The number of anilines is 1. The second-order valence-electron chi connectivity index (χ2n) is 7.36. The second-order valence-corrected chi connectivity index (χ2v) is 7.36. The molecule has 3 rings (SSSR count). The summed E-state index contributed by atoms with van der Waals surface area (Å²) < 4.78 is 5.11. The Labute approximate surface area is 206 Å². The molecule has 2 aromatic rings. The summed E-state index contributed by atoms with van der Waals surface area (Å²) in [5, 5.41) is 11.5. The van der Waals surface area contributed by atoms with Gasteiger partial charge < -0.3 is 35.9 Å². The van der Waals surface area contributed by atoms with Gasteiger partial charge in [-0.3, -0.25) is 4.79 Å². The van der Waals surface area contributed by atoms with Crippen LogP contribution in [0.1, 0.15) is 49.4 Å². The maximum Gasteiger partial charge on any atom is 1.00 e. The van der Waals surface area contributed by atoms with Crippen molar-refractivity contribution >= 4 is 11.8 Å². The van der Waals surface area contributed by atoms with Crippen LogP contribution in [0.25, 0.3) is 0 Å². The molecular weight excluding hydrogens is 395 g/mol. The van der Waals surface area contributed by atoms with E-state index in [0.29, 0.717) is 19.6 Å². The molecule has 0 spiro atoms. The van der Waals surface area contributed by atoms with Gasteiger partial charge in [-0.05, 0) is 36.5 Å². The molecule has 1 aliphatic heterocycles. The Hall–Kier alpha value is -1.80. The van der Waals surface area contributed by atoms with Crippen molar-refractivity contribution in [2.45, 2.75) is 52.1 Å². The molecule has 0 saturated heterocycles. The van der Waals surface area contributed by atoms with Crippen LogP contribution in [0.4, 0.5) is 5.82 Å². The largest absolute Gasteiger partial charge is 1.00 e. The molecule has 0 aliphatic carbocycles. The number of fused-ring (bicyclic) bond motifs is 1. The molecule has 32 heavy (non-hydrogen) atoms. The van der Waals surface area contributed by atoms with E-state index in [4.69, 9.17) is 9.84 Å². The fraction of sp³-hybridized carbons (Fsp3) is 0.423. The van der Waals surface area contributed by atoms with Crippen LogP contribution in [0, 0.1) is 26.7 Å². The van der Waals surface area contributed by atoms with Crippen molar-refractivity contribution in [3.63, 3.8) is 0 Å². The maximum absolute atomic E-state index is 9.89. The van der Waals surface area contributed by atoms with Crippen LogP contribution < -0.4 is 24.2 Å². The van der Waals surface area contributed by atoms with Crippen molar-refractivity contribution in [2.24, 2.45) is 5.92 Å². The zero-order valence-electron chi connectivity index (χ0n) is 19.8. The van der Waals surface area contributed by atoms with Gasteiger partial charge in [-0.25, -0.2) is 4.98 Å². The van der Waals surface area contributed by atoms with Crippen molar-refractivity contribution < 1.29 is 33.5 Å². The fourth-order valence-corrected chi connectivity index (χ4v) is 2.70. The van der Waals surface area contributed by atoms with Crippen LogP contribution in [-0.4, -0.2) is 29.2 Å². The third-order valence-corrected chi connectivity index (χ3v) is 4.75. The van der Waals surface area contributed by atoms with Gasteiger partial charge in [0.15, 0.2) is 0 Å². The first kappa shape index (κ1) is 30.2. The van der Waals surface area contributed by atoms with Gasteiger partial charge in [-0.1, -0.05) is 56.3 Å². The third kappa shape index (κ3) is 12.9. The van der Waals surface area contributed by atoms with E-state index >= 15 is 0 Å². The third-order valence-electron chi connectivity index (χ3n) is 4.75. The molecule has 6 heteroatoms. The number of nitrogens with zero attached hydrogens (tertiary/aromatic N) is 1. The van der Waals surface area contributed by atoms with Crippen LogP contribution in [0.15, 0.2) is 42.5 Å². The van der Waals surface area contributed by atoms with Gasteiger partial charge in [0, 0.05) is 18.2 Å². The van der Waals surface area contributed by atoms with E-state index < -0.39 is 5.97 Å². The van der Waals surface area contributed by atoms with E-state index in [2.05, 4.69) is 43.2 Å². The van der Waals surface area contributed by atoms with E-state index in [9.17, 15) is 4.79 Å². The first-order valence-electron chi connectivity index (χ1n) is 11.0. The molecule has 0 radical (unpaired) electrons. The Bertz CT molecular complexity index is 741. The number of unbranched alkanes of at least 4 members (excludes halogenated alkanes) is 1.